The zero-order valence-electron chi connectivity index (χ0n) is 14.8. The van der Waals surface area contributed by atoms with Crippen molar-refractivity contribution in [1.82, 2.24) is 10.3 Å². The number of aryl methyl sites for hydroxylation is 2. The molecular formula is C19H19N3O4. The van der Waals surface area contributed by atoms with Gasteiger partial charge in [0.25, 0.3) is 5.91 Å². The van der Waals surface area contributed by atoms with Gasteiger partial charge in [-0.3, -0.25) is 4.79 Å². The summed E-state index contributed by atoms with van der Waals surface area (Å²) < 4.78 is 15.5. The molecule has 0 saturated carbocycles. The second-order valence-corrected chi connectivity index (χ2v) is 5.77. The van der Waals surface area contributed by atoms with E-state index in [2.05, 4.69) is 15.6 Å². The van der Waals surface area contributed by atoms with Crippen molar-refractivity contribution in [1.29, 1.82) is 0 Å². The van der Waals surface area contributed by atoms with E-state index in [-0.39, 0.29) is 18.3 Å². The number of amides is 1. The first kappa shape index (κ1) is 17.5. The summed E-state index contributed by atoms with van der Waals surface area (Å²) in [7, 11) is 1.54. The SMILES string of the molecule is COc1ccccc1OCC(=O)Nc1nonc1-c1cc(C)ccc1C. The molecule has 3 aromatic rings. The maximum atomic E-state index is 12.2. The molecule has 1 heterocycles. The highest BCUT2D eigenvalue weighted by Crippen LogP contribution is 2.29. The number of carbonyl (C=O) groups is 1. The first-order chi connectivity index (χ1) is 12.6. The first-order valence-electron chi connectivity index (χ1n) is 8.04. The Kier molecular flexibility index (Phi) is 5.17. The maximum absolute atomic E-state index is 12.2. The molecule has 134 valence electrons. The predicted octanol–water partition coefficient (Wildman–Crippen LogP) is 3.38. The summed E-state index contributed by atoms with van der Waals surface area (Å²) >= 11 is 0. The van der Waals surface area contributed by atoms with Gasteiger partial charge >= 0.3 is 0 Å². The van der Waals surface area contributed by atoms with Gasteiger partial charge in [0.2, 0.25) is 5.82 Å². The number of carbonyl (C=O) groups excluding carboxylic acids is 1. The van der Waals surface area contributed by atoms with Gasteiger partial charge in [-0.25, -0.2) is 4.63 Å². The van der Waals surface area contributed by atoms with E-state index in [1.807, 2.05) is 38.1 Å². The number of hydrogen-bond donors (Lipinski definition) is 1. The van der Waals surface area contributed by atoms with Crippen LogP contribution < -0.4 is 14.8 Å². The molecule has 0 aliphatic heterocycles. The van der Waals surface area contributed by atoms with E-state index < -0.39 is 0 Å². The third-order valence-electron chi connectivity index (χ3n) is 3.82. The van der Waals surface area contributed by atoms with Crippen LogP contribution in [-0.4, -0.2) is 29.9 Å². The fourth-order valence-electron chi connectivity index (χ4n) is 2.49. The van der Waals surface area contributed by atoms with Crippen LogP contribution in [0.4, 0.5) is 5.82 Å². The van der Waals surface area contributed by atoms with Gasteiger partial charge in [0.05, 0.1) is 7.11 Å². The van der Waals surface area contributed by atoms with E-state index in [4.69, 9.17) is 14.1 Å². The molecule has 0 aliphatic rings. The third-order valence-corrected chi connectivity index (χ3v) is 3.82. The van der Waals surface area contributed by atoms with Gasteiger partial charge in [-0.05, 0) is 47.9 Å². The lowest BCUT2D eigenvalue weighted by Gasteiger charge is -2.10. The molecule has 26 heavy (non-hydrogen) atoms. The average molecular weight is 353 g/mol. The summed E-state index contributed by atoms with van der Waals surface area (Å²) in [5, 5.41) is 10.4. The summed E-state index contributed by atoms with van der Waals surface area (Å²) in [4.78, 5) is 12.2. The van der Waals surface area contributed by atoms with Crippen molar-refractivity contribution in [3.8, 4) is 22.8 Å². The van der Waals surface area contributed by atoms with Gasteiger partial charge < -0.3 is 14.8 Å². The van der Waals surface area contributed by atoms with E-state index >= 15 is 0 Å². The summed E-state index contributed by atoms with van der Waals surface area (Å²) in [5.41, 5.74) is 3.42. The zero-order chi connectivity index (χ0) is 18.5. The lowest BCUT2D eigenvalue weighted by molar-refractivity contribution is -0.118. The Labute approximate surface area is 150 Å². The highest BCUT2D eigenvalue weighted by Gasteiger charge is 2.17. The van der Waals surface area contributed by atoms with Gasteiger partial charge in [-0.15, -0.1) is 0 Å². The van der Waals surface area contributed by atoms with Crippen LogP contribution in [0.1, 0.15) is 11.1 Å². The third kappa shape index (κ3) is 3.83. The molecule has 0 saturated heterocycles. The van der Waals surface area contributed by atoms with Crippen LogP contribution in [0.5, 0.6) is 11.5 Å². The molecule has 7 heteroatoms. The van der Waals surface area contributed by atoms with E-state index in [0.29, 0.717) is 17.2 Å². The minimum atomic E-state index is -0.377. The minimum absolute atomic E-state index is 0.195. The molecule has 0 spiro atoms. The number of aromatic nitrogens is 2. The minimum Gasteiger partial charge on any atom is -0.493 e. The monoisotopic (exact) mass is 353 g/mol. The van der Waals surface area contributed by atoms with Gasteiger partial charge in [-0.2, -0.15) is 0 Å². The molecule has 1 N–H and O–H groups in total. The Hall–Kier alpha value is -3.35. The molecule has 0 bridgehead atoms. The van der Waals surface area contributed by atoms with Crippen LogP contribution >= 0.6 is 0 Å². The second kappa shape index (κ2) is 7.69. The van der Waals surface area contributed by atoms with Gasteiger partial charge in [0.15, 0.2) is 23.8 Å². The molecular weight excluding hydrogens is 334 g/mol. The number of nitrogens with zero attached hydrogens (tertiary/aromatic N) is 2. The number of rotatable bonds is 6. The molecule has 1 amide bonds. The predicted molar refractivity (Wildman–Crippen MR) is 96.3 cm³/mol. The van der Waals surface area contributed by atoms with Crippen molar-refractivity contribution in [2.24, 2.45) is 0 Å². The number of nitrogens with one attached hydrogen (secondary N) is 1. The number of hydrogen-bond acceptors (Lipinski definition) is 6. The molecule has 0 atom stereocenters. The number of benzene rings is 2. The fourth-order valence-corrected chi connectivity index (χ4v) is 2.49. The van der Waals surface area contributed by atoms with Crippen LogP contribution in [0, 0.1) is 13.8 Å². The quantitative estimate of drug-likeness (QED) is 0.731. The summed E-state index contributed by atoms with van der Waals surface area (Å²) in [6.07, 6.45) is 0. The summed E-state index contributed by atoms with van der Waals surface area (Å²) in [6, 6.07) is 13.1. The Morgan fingerprint density at radius 1 is 1.12 bits per heavy atom. The summed E-state index contributed by atoms with van der Waals surface area (Å²) in [5.74, 6) is 0.920. The van der Waals surface area contributed by atoms with Crippen molar-refractivity contribution in [2.75, 3.05) is 19.0 Å². The molecule has 0 fully saturated rings. The van der Waals surface area contributed by atoms with Gasteiger partial charge in [0, 0.05) is 5.56 Å². The standard InChI is InChI=1S/C19H19N3O4/c1-12-8-9-13(2)14(10-12)18-19(22-26-21-18)20-17(23)11-25-16-7-5-4-6-15(16)24-3/h4-10H,11H2,1-3H3,(H,20,22,23). The summed E-state index contributed by atoms with van der Waals surface area (Å²) in [6.45, 7) is 3.75. The second-order valence-electron chi connectivity index (χ2n) is 5.77. The first-order valence-corrected chi connectivity index (χ1v) is 8.04. The molecule has 3 rings (SSSR count). The van der Waals surface area contributed by atoms with Crippen LogP contribution in [-0.2, 0) is 4.79 Å². The molecule has 7 nitrogen and oxygen atoms in total. The average Bonchev–Trinajstić information content (AvgIpc) is 3.10. The van der Waals surface area contributed by atoms with E-state index in [0.717, 1.165) is 16.7 Å². The van der Waals surface area contributed by atoms with E-state index in [1.165, 1.54) is 0 Å². The van der Waals surface area contributed by atoms with Crippen LogP contribution in [0.25, 0.3) is 11.3 Å². The largest absolute Gasteiger partial charge is 0.493 e. The lowest BCUT2D eigenvalue weighted by Crippen LogP contribution is -2.21. The fraction of sp³-hybridized carbons (Fsp3) is 0.211. The Morgan fingerprint density at radius 2 is 1.88 bits per heavy atom. The van der Waals surface area contributed by atoms with Crippen LogP contribution in [0.2, 0.25) is 0 Å². The molecule has 0 unspecified atom stereocenters. The normalized spacial score (nSPS) is 10.4. The lowest BCUT2D eigenvalue weighted by atomic mass is 10.0. The molecule has 0 radical (unpaired) electrons. The van der Waals surface area contributed by atoms with Crippen LogP contribution in [0.15, 0.2) is 47.1 Å². The maximum Gasteiger partial charge on any atom is 0.263 e. The van der Waals surface area contributed by atoms with Gasteiger partial charge in [-0.1, -0.05) is 29.8 Å². The number of ether oxygens (including phenoxy) is 2. The van der Waals surface area contributed by atoms with E-state index in [9.17, 15) is 4.79 Å². The zero-order valence-corrected chi connectivity index (χ0v) is 14.8. The smallest absolute Gasteiger partial charge is 0.263 e. The van der Waals surface area contributed by atoms with Crippen molar-refractivity contribution < 1.29 is 18.9 Å². The molecule has 2 aromatic carbocycles. The topological polar surface area (TPSA) is 86.5 Å². The Morgan fingerprint density at radius 3 is 2.65 bits per heavy atom. The van der Waals surface area contributed by atoms with Crippen molar-refractivity contribution >= 4 is 11.7 Å². The van der Waals surface area contributed by atoms with E-state index in [1.54, 1.807) is 25.3 Å². The van der Waals surface area contributed by atoms with Crippen molar-refractivity contribution in [2.45, 2.75) is 13.8 Å². The highest BCUT2D eigenvalue weighted by molar-refractivity contribution is 5.94. The highest BCUT2D eigenvalue weighted by atomic mass is 16.6. The number of para-hydroxylation sites is 2. The Bertz CT molecular complexity index is 921. The Balaban J connectivity index is 1.71. The molecule has 1 aromatic heterocycles. The van der Waals surface area contributed by atoms with Crippen LogP contribution in [0.3, 0.4) is 0 Å². The van der Waals surface area contributed by atoms with Gasteiger partial charge in [0.1, 0.15) is 0 Å². The van der Waals surface area contributed by atoms with Crippen molar-refractivity contribution in [3.05, 3.63) is 53.6 Å². The van der Waals surface area contributed by atoms with Crippen molar-refractivity contribution in [3.63, 3.8) is 0 Å². The number of anilines is 1. The molecule has 0 aliphatic carbocycles. The number of methoxy groups -OCH3 is 1.